The molecule has 0 atom stereocenters. The Balaban J connectivity index is 1.10. The molecule has 0 amide bonds. The highest BCUT2D eigenvalue weighted by molar-refractivity contribution is 7.87. The smallest absolute Gasteiger partial charge is 0.282 e. The molecule has 9 aromatic rings. The zero-order valence-electron chi connectivity index (χ0n) is 30.6. The molecule has 7 aromatic carbocycles. The van der Waals surface area contributed by atoms with Crippen molar-refractivity contribution in [2.75, 3.05) is 0 Å². The van der Waals surface area contributed by atoms with Gasteiger partial charge in [-0.1, -0.05) is 30.3 Å². The molecule has 0 aliphatic carbocycles. The molecule has 0 unspecified atom stereocenters. The summed E-state index contributed by atoms with van der Waals surface area (Å²) in [6.07, 6.45) is 0. The van der Waals surface area contributed by atoms with E-state index in [0.29, 0.717) is 33.1 Å². The molecule has 0 saturated carbocycles. The lowest BCUT2D eigenvalue weighted by molar-refractivity contribution is 0.481. The molecular formula is C37H24N8O12S4. The van der Waals surface area contributed by atoms with E-state index in [1.165, 1.54) is 53.3 Å². The van der Waals surface area contributed by atoms with Gasteiger partial charge in [-0.3, -0.25) is 18.2 Å². The van der Waals surface area contributed by atoms with Crippen molar-refractivity contribution in [3.8, 4) is 11.4 Å². The first-order valence-corrected chi connectivity index (χ1v) is 23.0. The van der Waals surface area contributed by atoms with Crippen molar-refractivity contribution in [2.24, 2.45) is 10.2 Å². The normalized spacial score (nSPS) is 13.1. The van der Waals surface area contributed by atoms with E-state index in [2.05, 4.69) is 30.6 Å². The second-order valence-corrected chi connectivity index (χ2v) is 19.2. The molecule has 0 bridgehead atoms. The second kappa shape index (κ2) is 13.7. The zero-order chi connectivity index (χ0) is 43.4. The molecule has 0 spiro atoms. The van der Waals surface area contributed by atoms with Crippen LogP contribution >= 0.6 is 0 Å². The molecular weight excluding hydrogens is 877 g/mol. The van der Waals surface area contributed by atoms with Crippen LogP contribution in [-0.2, 0) is 40.5 Å². The maximum absolute atomic E-state index is 12.8. The van der Waals surface area contributed by atoms with E-state index >= 15 is 0 Å². The van der Waals surface area contributed by atoms with E-state index in [9.17, 15) is 51.9 Å². The van der Waals surface area contributed by atoms with Gasteiger partial charge in [-0.05, 0) is 90.7 Å². The molecule has 0 radical (unpaired) electrons. The van der Waals surface area contributed by atoms with E-state index in [-0.39, 0.29) is 54.5 Å². The first-order valence-electron chi connectivity index (χ1n) is 17.3. The van der Waals surface area contributed by atoms with Crippen LogP contribution in [0.15, 0.2) is 133 Å². The Bertz CT molecular complexity index is 3910. The monoisotopic (exact) mass is 900 g/mol. The number of hydrogen-bond acceptors (Lipinski definition) is 14. The van der Waals surface area contributed by atoms with Crippen molar-refractivity contribution in [2.45, 2.75) is 26.5 Å². The maximum atomic E-state index is 12.8. The van der Waals surface area contributed by atoms with Gasteiger partial charge in [0.05, 0.1) is 27.6 Å². The SMILES string of the molecule is Cc1cc(-n2nc3ccc4cc(S(=O)(=O)O)ccc4c3n2)ccc1N=Nc1cc(S(=O)(=O)O)c2cc(-n3nc4ccc5c(S(=O)(=O)O)cccc5c4n3)cc(S(=O)(=O)O)c2c1. The Morgan fingerprint density at radius 3 is 1.74 bits per heavy atom. The molecule has 2 heterocycles. The minimum absolute atomic E-state index is 0.114. The maximum Gasteiger partial charge on any atom is 0.295 e. The summed E-state index contributed by atoms with van der Waals surface area (Å²) >= 11 is 0. The van der Waals surface area contributed by atoms with Crippen molar-refractivity contribution < 1.29 is 51.9 Å². The average Bonchev–Trinajstić information content (AvgIpc) is 3.83. The fraction of sp³-hybridized carbons (Fsp3) is 0.0270. The number of benzene rings is 7. The predicted molar refractivity (Wildman–Crippen MR) is 218 cm³/mol. The van der Waals surface area contributed by atoms with Gasteiger partial charge in [0.2, 0.25) is 0 Å². The van der Waals surface area contributed by atoms with Crippen LogP contribution in [0.1, 0.15) is 5.56 Å². The standard InChI is InChI=1S/C37H24N8O12S4/c1-19-13-22(44-40-31-10-5-20-14-24(58(46,47)48)7-8-25(20)36(31)42-44)6-11-30(19)39-38-21-15-28-29(34(16-21)60(52,53)54)17-23(18-35(28)61(55,56)57)45-41-32-12-9-26-27(37(32)43-45)3-2-4-33(26)59(49,50)51/h2-18H,1H3,(H,46,47,48)(H,49,50,51)(H,52,53,54)(H,55,56,57). The van der Waals surface area contributed by atoms with E-state index in [1.54, 1.807) is 37.3 Å². The lowest BCUT2D eigenvalue weighted by Gasteiger charge is -2.11. The Morgan fingerprint density at radius 1 is 0.475 bits per heavy atom. The number of rotatable bonds is 8. The van der Waals surface area contributed by atoms with Crippen LogP contribution in [0.2, 0.25) is 0 Å². The van der Waals surface area contributed by atoms with Gasteiger partial charge in [-0.15, -0.1) is 20.4 Å². The van der Waals surface area contributed by atoms with Crippen LogP contribution in [0, 0.1) is 6.92 Å². The van der Waals surface area contributed by atoms with E-state index in [4.69, 9.17) is 0 Å². The topological polar surface area (TPSA) is 304 Å². The highest BCUT2D eigenvalue weighted by Gasteiger charge is 2.25. The van der Waals surface area contributed by atoms with Gasteiger partial charge in [0.15, 0.2) is 0 Å². The van der Waals surface area contributed by atoms with Crippen LogP contribution in [0.25, 0.3) is 65.8 Å². The summed E-state index contributed by atoms with van der Waals surface area (Å²) in [5.41, 5.74) is 2.22. The third-order valence-corrected chi connectivity index (χ3v) is 13.3. The Morgan fingerprint density at radius 2 is 1.08 bits per heavy atom. The van der Waals surface area contributed by atoms with Crippen molar-refractivity contribution in [1.82, 2.24) is 30.0 Å². The fourth-order valence-electron chi connectivity index (χ4n) is 6.96. The first kappa shape index (κ1) is 39.8. The molecule has 4 N–H and O–H groups in total. The molecule has 308 valence electrons. The van der Waals surface area contributed by atoms with Gasteiger partial charge in [-0.2, -0.15) is 53.5 Å². The minimum atomic E-state index is -5.12. The molecule has 0 saturated heterocycles. The summed E-state index contributed by atoms with van der Waals surface area (Å²) in [6.45, 7) is 1.69. The van der Waals surface area contributed by atoms with Crippen LogP contribution in [0.4, 0.5) is 11.4 Å². The van der Waals surface area contributed by atoms with Gasteiger partial charge in [0.25, 0.3) is 40.5 Å². The third kappa shape index (κ3) is 7.14. The lowest BCUT2D eigenvalue weighted by atomic mass is 10.1. The van der Waals surface area contributed by atoms with Crippen LogP contribution in [0.5, 0.6) is 0 Å². The Hall–Kier alpha value is -6.64. The molecule has 24 heteroatoms. The summed E-state index contributed by atoms with van der Waals surface area (Å²) < 4.78 is 138. The third-order valence-electron chi connectivity index (χ3n) is 9.72. The van der Waals surface area contributed by atoms with Crippen molar-refractivity contribution in [1.29, 1.82) is 0 Å². The summed E-state index contributed by atoms with van der Waals surface area (Å²) in [6, 6.07) is 23.3. The summed E-state index contributed by atoms with van der Waals surface area (Å²) in [4.78, 5) is 0.0262. The number of azo groups is 1. The van der Waals surface area contributed by atoms with Crippen LogP contribution in [-0.4, -0.2) is 81.9 Å². The summed E-state index contributed by atoms with van der Waals surface area (Å²) in [5.74, 6) is 0. The lowest BCUT2D eigenvalue weighted by Crippen LogP contribution is -2.07. The number of aromatic nitrogens is 6. The Kier molecular flexibility index (Phi) is 8.93. The molecule has 0 aliphatic rings. The minimum Gasteiger partial charge on any atom is -0.282 e. The summed E-state index contributed by atoms with van der Waals surface area (Å²) in [7, 11) is -19.3. The number of hydrogen-bond donors (Lipinski definition) is 4. The van der Waals surface area contributed by atoms with Gasteiger partial charge < -0.3 is 0 Å². The molecule has 61 heavy (non-hydrogen) atoms. The van der Waals surface area contributed by atoms with Gasteiger partial charge >= 0.3 is 0 Å². The van der Waals surface area contributed by atoms with Crippen molar-refractivity contribution >= 4 is 106 Å². The van der Waals surface area contributed by atoms with Crippen molar-refractivity contribution in [3.63, 3.8) is 0 Å². The largest absolute Gasteiger partial charge is 0.295 e. The van der Waals surface area contributed by atoms with E-state index < -0.39 is 55.2 Å². The fourth-order valence-corrected chi connectivity index (χ4v) is 9.62. The van der Waals surface area contributed by atoms with Crippen LogP contribution in [0.3, 0.4) is 0 Å². The summed E-state index contributed by atoms with van der Waals surface area (Å²) in [5, 5.41) is 26.9. The predicted octanol–water partition coefficient (Wildman–Crippen LogP) is 6.32. The number of aryl methyl sites for hydroxylation is 1. The highest BCUT2D eigenvalue weighted by Crippen LogP contribution is 2.37. The molecule has 0 fully saturated rings. The van der Waals surface area contributed by atoms with E-state index in [0.717, 1.165) is 29.1 Å². The van der Waals surface area contributed by atoms with Crippen LogP contribution < -0.4 is 0 Å². The first-order chi connectivity index (χ1) is 28.6. The quantitative estimate of drug-likeness (QED) is 0.0957. The highest BCUT2D eigenvalue weighted by atomic mass is 32.2. The number of nitrogens with zero attached hydrogens (tertiary/aromatic N) is 8. The van der Waals surface area contributed by atoms with Crippen molar-refractivity contribution in [3.05, 3.63) is 109 Å². The average molecular weight is 901 g/mol. The van der Waals surface area contributed by atoms with E-state index in [1.807, 2.05) is 0 Å². The van der Waals surface area contributed by atoms with Gasteiger partial charge in [0.1, 0.15) is 36.8 Å². The number of fused-ring (bicyclic) bond motifs is 7. The zero-order valence-corrected chi connectivity index (χ0v) is 33.8. The Labute approximate surface area is 343 Å². The molecule has 0 aliphatic heterocycles. The molecule has 2 aromatic heterocycles. The van der Waals surface area contributed by atoms with Gasteiger partial charge in [-0.25, -0.2) is 0 Å². The second-order valence-electron chi connectivity index (χ2n) is 13.6. The van der Waals surface area contributed by atoms with Gasteiger partial charge in [0, 0.05) is 26.9 Å². The molecule has 9 rings (SSSR count). The molecule has 20 nitrogen and oxygen atoms in total.